The van der Waals surface area contributed by atoms with Gasteiger partial charge in [-0.05, 0) is 56.1 Å². The predicted molar refractivity (Wildman–Crippen MR) is 128 cm³/mol. The highest BCUT2D eigenvalue weighted by Crippen LogP contribution is 2.35. The molecule has 1 fully saturated rings. The van der Waals surface area contributed by atoms with Gasteiger partial charge < -0.3 is 19.7 Å². The number of nitrogens with one attached hydrogen (secondary N) is 1. The van der Waals surface area contributed by atoms with Gasteiger partial charge in [0, 0.05) is 46.1 Å². The van der Waals surface area contributed by atoms with Gasteiger partial charge in [-0.2, -0.15) is 0 Å². The predicted octanol–water partition coefficient (Wildman–Crippen LogP) is 5.84. The summed E-state index contributed by atoms with van der Waals surface area (Å²) in [6, 6.07) is 9.27. The number of nitrogens with zero attached hydrogens (tertiary/aromatic N) is 1. The van der Waals surface area contributed by atoms with Gasteiger partial charge in [-0.1, -0.05) is 45.2 Å². The van der Waals surface area contributed by atoms with Crippen LogP contribution in [0.25, 0.3) is 0 Å². The lowest BCUT2D eigenvalue weighted by Crippen LogP contribution is -2.28. The Hall–Kier alpha value is -1.47. The zero-order valence-electron chi connectivity index (χ0n) is 17.6. The molecular formula is C23H27BrCl2N2O3. The molecule has 8 heteroatoms. The Morgan fingerprint density at radius 3 is 2.65 bits per heavy atom. The number of halogens is 3. The summed E-state index contributed by atoms with van der Waals surface area (Å²) in [5, 5.41) is 4.61. The van der Waals surface area contributed by atoms with Crippen molar-refractivity contribution in [3.05, 3.63) is 56.0 Å². The average Bonchev–Trinajstić information content (AvgIpc) is 3.14. The number of amides is 1. The third-order valence-electron chi connectivity index (χ3n) is 5.08. The number of ether oxygens (including phenoxy) is 2. The minimum atomic E-state index is 0.277. The van der Waals surface area contributed by atoms with Gasteiger partial charge in [0.05, 0.1) is 6.61 Å². The van der Waals surface area contributed by atoms with Crippen molar-refractivity contribution in [3.63, 3.8) is 0 Å². The number of benzene rings is 2. The highest BCUT2D eigenvalue weighted by atomic mass is 79.9. The van der Waals surface area contributed by atoms with Gasteiger partial charge in [-0.25, -0.2) is 0 Å². The summed E-state index contributed by atoms with van der Waals surface area (Å²) in [4.78, 5) is 13.6. The zero-order chi connectivity index (χ0) is 22.2. The monoisotopic (exact) mass is 528 g/mol. The van der Waals surface area contributed by atoms with Crippen LogP contribution >= 0.6 is 39.1 Å². The van der Waals surface area contributed by atoms with Gasteiger partial charge in [0.1, 0.15) is 6.61 Å². The minimum absolute atomic E-state index is 0.277. The Bertz CT molecular complexity index is 911. The fraction of sp³-hybridized carbons (Fsp3) is 0.435. The second-order valence-corrected chi connectivity index (χ2v) is 9.06. The number of hydrogen-bond acceptors (Lipinski definition) is 4. The molecule has 0 bridgehead atoms. The summed E-state index contributed by atoms with van der Waals surface area (Å²) in [7, 11) is 0. The summed E-state index contributed by atoms with van der Waals surface area (Å²) in [5.41, 5.74) is 1.93. The van der Waals surface area contributed by atoms with Crippen LogP contribution in [0.3, 0.4) is 0 Å². The maximum Gasteiger partial charge on any atom is 0.222 e. The quantitative estimate of drug-likeness (QED) is 0.372. The van der Waals surface area contributed by atoms with Gasteiger partial charge in [0.25, 0.3) is 0 Å². The molecule has 0 atom stereocenters. The van der Waals surface area contributed by atoms with E-state index in [0.29, 0.717) is 47.7 Å². The van der Waals surface area contributed by atoms with E-state index in [2.05, 4.69) is 21.2 Å². The lowest BCUT2D eigenvalue weighted by Gasteiger charge is -2.17. The molecule has 1 N–H and O–H groups in total. The van der Waals surface area contributed by atoms with Gasteiger partial charge in [0.2, 0.25) is 5.91 Å². The Morgan fingerprint density at radius 2 is 1.94 bits per heavy atom. The molecule has 0 saturated carbocycles. The second kappa shape index (κ2) is 12.0. The first-order valence-corrected chi connectivity index (χ1v) is 12.0. The van der Waals surface area contributed by atoms with E-state index in [9.17, 15) is 4.79 Å². The van der Waals surface area contributed by atoms with Crippen LogP contribution in [0.4, 0.5) is 0 Å². The van der Waals surface area contributed by atoms with Gasteiger partial charge in [-0.3, -0.25) is 4.79 Å². The van der Waals surface area contributed by atoms with Crippen LogP contribution in [0.2, 0.25) is 10.0 Å². The number of carbonyl (C=O) groups is 1. The van der Waals surface area contributed by atoms with Crippen molar-refractivity contribution >= 4 is 45.0 Å². The van der Waals surface area contributed by atoms with Gasteiger partial charge in [0.15, 0.2) is 11.5 Å². The standard InChI is InChI=1S/C23H27BrCl2N2O3/c1-2-30-21-11-17(14-27-8-4-10-28-9-3-5-23(28)29)19(24)13-22(21)31-15-16-6-7-18(25)12-20(16)26/h6-7,11-13,27H,2-5,8-10,14-15H2,1H3. The fourth-order valence-electron chi connectivity index (χ4n) is 3.45. The molecule has 0 aliphatic carbocycles. The average molecular weight is 530 g/mol. The molecule has 0 aromatic heterocycles. The van der Waals surface area contributed by atoms with Crippen molar-refractivity contribution in [1.82, 2.24) is 10.2 Å². The molecule has 0 radical (unpaired) electrons. The molecule has 1 aliphatic heterocycles. The van der Waals surface area contributed by atoms with Crippen LogP contribution in [-0.4, -0.2) is 37.0 Å². The van der Waals surface area contributed by atoms with Crippen molar-refractivity contribution in [3.8, 4) is 11.5 Å². The first kappa shape index (κ1) is 24.2. The van der Waals surface area contributed by atoms with E-state index in [0.717, 1.165) is 48.1 Å². The third kappa shape index (κ3) is 7.01. The minimum Gasteiger partial charge on any atom is -0.490 e. The molecule has 2 aromatic rings. The Labute approximate surface area is 202 Å². The lowest BCUT2D eigenvalue weighted by molar-refractivity contribution is -0.127. The largest absolute Gasteiger partial charge is 0.490 e. The van der Waals surface area contributed by atoms with Crippen LogP contribution in [0.15, 0.2) is 34.8 Å². The molecule has 1 amide bonds. The van der Waals surface area contributed by atoms with Crippen molar-refractivity contribution in [1.29, 1.82) is 0 Å². The molecular weight excluding hydrogens is 503 g/mol. The number of carbonyl (C=O) groups excluding carboxylic acids is 1. The van der Waals surface area contributed by atoms with Crippen LogP contribution in [-0.2, 0) is 17.9 Å². The van der Waals surface area contributed by atoms with Crippen molar-refractivity contribution in [2.75, 3.05) is 26.2 Å². The van der Waals surface area contributed by atoms with E-state index in [1.807, 2.05) is 30.0 Å². The molecule has 2 aromatic carbocycles. The van der Waals surface area contributed by atoms with Crippen molar-refractivity contribution < 1.29 is 14.3 Å². The summed E-state index contributed by atoms with van der Waals surface area (Å²) in [6.45, 7) is 6.04. The van der Waals surface area contributed by atoms with Crippen LogP contribution in [0.1, 0.15) is 37.3 Å². The lowest BCUT2D eigenvalue weighted by atomic mass is 10.2. The normalized spacial score (nSPS) is 13.7. The summed E-state index contributed by atoms with van der Waals surface area (Å²) >= 11 is 15.9. The Kier molecular flexibility index (Phi) is 9.32. The van der Waals surface area contributed by atoms with Crippen molar-refractivity contribution in [2.45, 2.75) is 39.3 Å². The Morgan fingerprint density at radius 1 is 1.13 bits per heavy atom. The van der Waals surface area contributed by atoms with Gasteiger partial charge in [-0.15, -0.1) is 0 Å². The molecule has 1 heterocycles. The first-order valence-electron chi connectivity index (χ1n) is 10.5. The molecule has 3 rings (SSSR count). The highest BCUT2D eigenvalue weighted by molar-refractivity contribution is 9.10. The molecule has 1 saturated heterocycles. The Balaban J connectivity index is 1.56. The molecule has 168 valence electrons. The number of rotatable bonds is 11. The number of hydrogen-bond donors (Lipinski definition) is 1. The SMILES string of the molecule is CCOc1cc(CNCCCN2CCCC2=O)c(Br)cc1OCc1ccc(Cl)cc1Cl. The van der Waals surface area contributed by atoms with Gasteiger partial charge >= 0.3 is 0 Å². The van der Waals surface area contributed by atoms with Crippen LogP contribution in [0.5, 0.6) is 11.5 Å². The van der Waals surface area contributed by atoms with E-state index in [-0.39, 0.29) is 5.91 Å². The maximum absolute atomic E-state index is 11.7. The summed E-state index contributed by atoms with van der Waals surface area (Å²) < 4.78 is 12.7. The van der Waals surface area contributed by atoms with E-state index in [1.165, 1.54) is 0 Å². The van der Waals surface area contributed by atoms with E-state index < -0.39 is 0 Å². The van der Waals surface area contributed by atoms with E-state index in [1.54, 1.807) is 12.1 Å². The molecule has 1 aliphatic rings. The van der Waals surface area contributed by atoms with Crippen LogP contribution < -0.4 is 14.8 Å². The third-order valence-corrected chi connectivity index (χ3v) is 6.40. The molecule has 0 spiro atoms. The van der Waals surface area contributed by atoms with E-state index >= 15 is 0 Å². The molecule has 31 heavy (non-hydrogen) atoms. The smallest absolute Gasteiger partial charge is 0.222 e. The van der Waals surface area contributed by atoms with Crippen LogP contribution in [0, 0.1) is 0 Å². The first-order chi connectivity index (χ1) is 15.0. The number of likely N-dealkylation sites (tertiary alicyclic amines) is 1. The summed E-state index contributed by atoms with van der Waals surface area (Å²) in [5.74, 6) is 1.62. The molecule has 0 unspecified atom stereocenters. The zero-order valence-corrected chi connectivity index (χ0v) is 20.7. The molecule has 5 nitrogen and oxygen atoms in total. The fourth-order valence-corrected chi connectivity index (χ4v) is 4.37. The maximum atomic E-state index is 11.7. The van der Waals surface area contributed by atoms with E-state index in [4.69, 9.17) is 32.7 Å². The summed E-state index contributed by atoms with van der Waals surface area (Å²) in [6.07, 6.45) is 2.61. The second-order valence-electron chi connectivity index (χ2n) is 7.36. The highest BCUT2D eigenvalue weighted by Gasteiger charge is 2.19. The van der Waals surface area contributed by atoms with Crippen molar-refractivity contribution in [2.24, 2.45) is 0 Å². The topological polar surface area (TPSA) is 50.8 Å².